The van der Waals surface area contributed by atoms with Crippen molar-refractivity contribution in [2.45, 2.75) is 0 Å². The summed E-state index contributed by atoms with van der Waals surface area (Å²) in [6.07, 6.45) is 4.69. The van der Waals surface area contributed by atoms with Crippen molar-refractivity contribution < 1.29 is 4.79 Å². The largest absolute Gasteiger partial charge is 0.271 e. The number of nitrogens with zero attached hydrogens (tertiary/aromatic N) is 2. The topological polar surface area (TPSA) is 46.9 Å². The molecule has 0 aliphatic carbocycles. The predicted molar refractivity (Wildman–Crippen MR) is 65.1 cm³/mol. The molecule has 0 saturated carbocycles. The molecule has 1 aromatic carbocycles. The van der Waals surface area contributed by atoms with Crippen LogP contribution in [-0.2, 0) is 0 Å². The molecule has 1 aromatic heterocycles. The number of hydrogen-bond donors (Lipinski definition) is 1. The molecule has 0 aliphatic rings. The van der Waals surface area contributed by atoms with Crippen LogP contribution in [0.1, 0.15) is 10.4 Å². The van der Waals surface area contributed by atoms with Crippen molar-refractivity contribution in [1.82, 2.24) is 9.66 Å². The number of carbonyl (C=O) groups excluding carboxylic acids is 1. The summed E-state index contributed by atoms with van der Waals surface area (Å²) in [6, 6.07) is 5.10. The lowest BCUT2D eigenvalue weighted by Gasteiger charge is -2.07. The molecule has 0 spiro atoms. The Balaban J connectivity index is 2.24. The number of nitrogens with one attached hydrogen (secondary N) is 1. The van der Waals surface area contributed by atoms with E-state index in [-0.39, 0.29) is 5.91 Å². The molecule has 0 aliphatic heterocycles. The van der Waals surface area contributed by atoms with Crippen LogP contribution in [0.25, 0.3) is 0 Å². The zero-order chi connectivity index (χ0) is 11.5. The average molecular weight is 301 g/mol. The monoisotopic (exact) mass is 299 g/mol. The van der Waals surface area contributed by atoms with Crippen LogP contribution < -0.4 is 5.43 Å². The van der Waals surface area contributed by atoms with E-state index in [9.17, 15) is 4.79 Å². The molecule has 1 heterocycles. The molecule has 1 amide bonds. The van der Waals surface area contributed by atoms with E-state index in [2.05, 4.69) is 26.3 Å². The molecule has 0 fully saturated rings. The van der Waals surface area contributed by atoms with Crippen LogP contribution in [0.15, 0.2) is 41.4 Å². The number of carbonyl (C=O) groups is 1. The van der Waals surface area contributed by atoms with E-state index in [4.69, 9.17) is 11.6 Å². The smallest absolute Gasteiger partial charge is 0.267 e. The fourth-order valence-electron chi connectivity index (χ4n) is 1.17. The molecule has 6 heteroatoms. The van der Waals surface area contributed by atoms with E-state index < -0.39 is 0 Å². The SMILES string of the molecule is O=C(Nn1ccnc1)c1cc(Br)ccc1Cl. The van der Waals surface area contributed by atoms with Gasteiger partial charge >= 0.3 is 0 Å². The standard InChI is InChI=1S/C10H7BrClN3O/c11-7-1-2-9(12)8(5-7)10(16)14-15-4-3-13-6-15/h1-6H,(H,14,16). The number of amides is 1. The Morgan fingerprint density at radius 1 is 1.50 bits per heavy atom. The van der Waals surface area contributed by atoms with Crippen LogP contribution in [0.5, 0.6) is 0 Å². The molecule has 0 unspecified atom stereocenters. The molecule has 1 N–H and O–H groups in total. The van der Waals surface area contributed by atoms with E-state index >= 15 is 0 Å². The zero-order valence-corrected chi connectivity index (χ0v) is 10.4. The Bertz CT molecular complexity index is 513. The normalized spacial score (nSPS) is 10.1. The van der Waals surface area contributed by atoms with E-state index in [0.29, 0.717) is 10.6 Å². The summed E-state index contributed by atoms with van der Waals surface area (Å²) in [5.41, 5.74) is 3.02. The second-order valence-electron chi connectivity index (χ2n) is 3.04. The fraction of sp³-hybridized carbons (Fsp3) is 0. The lowest BCUT2D eigenvalue weighted by atomic mass is 10.2. The van der Waals surface area contributed by atoms with Crippen LogP contribution >= 0.6 is 27.5 Å². The van der Waals surface area contributed by atoms with Gasteiger partial charge in [0.1, 0.15) is 6.33 Å². The predicted octanol–water partition coefficient (Wildman–Crippen LogP) is 2.68. The van der Waals surface area contributed by atoms with Crippen LogP contribution in [-0.4, -0.2) is 15.6 Å². The second-order valence-corrected chi connectivity index (χ2v) is 4.36. The third kappa shape index (κ3) is 2.43. The van der Waals surface area contributed by atoms with Crippen molar-refractivity contribution in [1.29, 1.82) is 0 Å². The minimum absolute atomic E-state index is 0.288. The van der Waals surface area contributed by atoms with Crippen molar-refractivity contribution in [2.24, 2.45) is 0 Å². The van der Waals surface area contributed by atoms with Gasteiger partial charge in [-0.15, -0.1) is 0 Å². The van der Waals surface area contributed by atoms with Gasteiger partial charge in [0.05, 0.1) is 10.6 Å². The highest BCUT2D eigenvalue weighted by Crippen LogP contribution is 2.20. The number of hydrogen-bond acceptors (Lipinski definition) is 2. The Labute approximate surface area is 105 Å². The maximum Gasteiger partial charge on any atom is 0.271 e. The Morgan fingerprint density at radius 3 is 3.00 bits per heavy atom. The van der Waals surface area contributed by atoms with Crippen LogP contribution in [0.2, 0.25) is 5.02 Å². The number of imidazole rings is 1. The summed E-state index contributed by atoms with van der Waals surface area (Å²) in [5.74, 6) is -0.288. The first-order valence-electron chi connectivity index (χ1n) is 4.41. The molecular formula is C10H7BrClN3O. The van der Waals surface area contributed by atoms with Gasteiger partial charge in [-0.05, 0) is 18.2 Å². The molecule has 82 valence electrons. The van der Waals surface area contributed by atoms with Crippen molar-refractivity contribution >= 4 is 33.4 Å². The summed E-state index contributed by atoms with van der Waals surface area (Å²) in [7, 11) is 0. The van der Waals surface area contributed by atoms with Gasteiger partial charge in [0.25, 0.3) is 5.91 Å². The third-order valence-electron chi connectivity index (χ3n) is 1.91. The molecule has 0 bridgehead atoms. The van der Waals surface area contributed by atoms with E-state index in [1.54, 1.807) is 30.6 Å². The number of halogens is 2. The summed E-state index contributed by atoms with van der Waals surface area (Å²) in [5, 5.41) is 0.404. The van der Waals surface area contributed by atoms with Gasteiger partial charge in [0, 0.05) is 16.9 Å². The van der Waals surface area contributed by atoms with Gasteiger partial charge in [-0.3, -0.25) is 10.2 Å². The van der Waals surface area contributed by atoms with Crippen molar-refractivity contribution in [2.75, 3.05) is 5.43 Å². The maximum absolute atomic E-state index is 11.8. The van der Waals surface area contributed by atoms with Crippen molar-refractivity contribution in [3.8, 4) is 0 Å². The van der Waals surface area contributed by atoms with Gasteiger partial charge in [0.15, 0.2) is 0 Å². The van der Waals surface area contributed by atoms with E-state index in [0.717, 1.165) is 4.47 Å². The van der Waals surface area contributed by atoms with Crippen LogP contribution in [0.4, 0.5) is 0 Å². The van der Waals surface area contributed by atoms with E-state index in [1.807, 2.05) is 0 Å². The van der Waals surface area contributed by atoms with Crippen LogP contribution in [0.3, 0.4) is 0 Å². The van der Waals surface area contributed by atoms with Crippen LogP contribution in [0, 0.1) is 0 Å². The summed E-state index contributed by atoms with van der Waals surface area (Å²) >= 11 is 9.21. The third-order valence-corrected chi connectivity index (χ3v) is 2.73. The van der Waals surface area contributed by atoms with Gasteiger partial charge in [-0.1, -0.05) is 27.5 Å². The van der Waals surface area contributed by atoms with Crippen molar-refractivity contribution in [3.63, 3.8) is 0 Å². The highest BCUT2D eigenvalue weighted by Gasteiger charge is 2.10. The highest BCUT2D eigenvalue weighted by atomic mass is 79.9. The van der Waals surface area contributed by atoms with Gasteiger partial charge in [-0.2, -0.15) is 0 Å². The second kappa shape index (κ2) is 4.67. The first kappa shape index (κ1) is 11.2. The molecule has 2 aromatic rings. The summed E-state index contributed by atoms with van der Waals surface area (Å²) in [4.78, 5) is 15.6. The summed E-state index contributed by atoms with van der Waals surface area (Å²) < 4.78 is 2.26. The quantitative estimate of drug-likeness (QED) is 0.927. The first-order valence-corrected chi connectivity index (χ1v) is 5.58. The Morgan fingerprint density at radius 2 is 2.31 bits per heavy atom. The van der Waals surface area contributed by atoms with Crippen molar-refractivity contribution in [3.05, 3.63) is 52.0 Å². The van der Waals surface area contributed by atoms with Gasteiger partial charge in [-0.25, -0.2) is 9.66 Å². The lowest BCUT2D eigenvalue weighted by Crippen LogP contribution is -2.21. The minimum atomic E-state index is -0.288. The molecule has 0 atom stereocenters. The first-order chi connectivity index (χ1) is 7.66. The molecule has 2 rings (SSSR count). The Hall–Kier alpha value is -1.33. The highest BCUT2D eigenvalue weighted by molar-refractivity contribution is 9.10. The van der Waals surface area contributed by atoms with Gasteiger partial charge in [0.2, 0.25) is 0 Å². The lowest BCUT2D eigenvalue weighted by molar-refractivity contribution is 0.101. The average Bonchev–Trinajstić information content (AvgIpc) is 2.74. The molecule has 4 nitrogen and oxygen atoms in total. The molecular weight excluding hydrogens is 293 g/mol. The number of aromatic nitrogens is 2. The summed E-state index contributed by atoms with van der Waals surface area (Å²) in [6.45, 7) is 0. The Kier molecular flexibility index (Phi) is 3.26. The molecule has 16 heavy (non-hydrogen) atoms. The maximum atomic E-state index is 11.8. The fourth-order valence-corrected chi connectivity index (χ4v) is 1.74. The number of benzene rings is 1. The van der Waals surface area contributed by atoms with E-state index in [1.165, 1.54) is 11.0 Å². The number of rotatable bonds is 2. The molecule has 0 saturated heterocycles. The zero-order valence-electron chi connectivity index (χ0n) is 8.02. The minimum Gasteiger partial charge on any atom is -0.267 e. The molecule has 0 radical (unpaired) electrons. The van der Waals surface area contributed by atoms with Gasteiger partial charge < -0.3 is 0 Å².